The highest BCUT2D eigenvalue weighted by atomic mass is 16.6. The molecule has 2 amide bonds. The average Bonchev–Trinajstić information content (AvgIpc) is 2.53. The number of rotatable bonds is 3. The van der Waals surface area contributed by atoms with E-state index < -0.39 is 11.7 Å². The number of piperidine rings is 1. The van der Waals surface area contributed by atoms with Gasteiger partial charge < -0.3 is 9.64 Å². The number of aromatic nitrogens is 1. The van der Waals surface area contributed by atoms with Gasteiger partial charge in [-0.15, -0.1) is 0 Å². The lowest BCUT2D eigenvalue weighted by Crippen LogP contribution is -2.41. The van der Waals surface area contributed by atoms with Crippen molar-refractivity contribution in [1.29, 1.82) is 0 Å². The Hall–Kier alpha value is -2.11. The number of amides is 2. The number of ether oxygens (including phenoxy) is 1. The van der Waals surface area contributed by atoms with Crippen LogP contribution in [0.5, 0.6) is 0 Å². The first kappa shape index (κ1) is 20.2. The van der Waals surface area contributed by atoms with Crippen LogP contribution in [0.3, 0.4) is 0 Å². The maximum atomic E-state index is 12.5. The number of pyridine rings is 1. The summed E-state index contributed by atoms with van der Waals surface area (Å²) >= 11 is 0. The Labute approximate surface area is 156 Å². The van der Waals surface area contributed by atoms with Gasteiger partial charge in [-0.25, -0.2) is 9.78 Å². The Kier molecular flexibility index (Phi) is 6.26. The van der Waals surface area contributed by atoms with Crippen molar-refractivity contribution in [2.45, 2.75) is 78.5 Å². The van der Waals surface area contributed by atoms with Crippen LogP contribution in [-0.4, -0.2) is 40.1 Å². The van der Waals surface area contributed by atoms with Crippen LogP contribution in [0, 0.1) is 0 Å². The molecule has 0 saturated carbocycles. The van der Waals surface area contributed by atoms with Gasteiger partial charge in [-0.2, -0.15) is 0 Å². The monoisotopic (exact) mass is 361 g/mol. The van der Waals surface area contributed by atoms with Gasteiger partial charge in [0, 0.05) is 25.7 Å². The van der Waals surface area contributed by atoms with Crippen molar-refractivity contribution in [1.82, 2.24) is 9.88 Å². The van der Waals surface area contributed by atoms with E-state index >= 15 is 0 Å². The lowest BCUT2D eigenvalue weighted by molar-refractivity contribution is -0.132. The van der Waals surface area contributed by atoms with Crippen molar-refractivity contribution >= 4 is 17.8 Å². The summed E-state index contributed by atoms with van der Waals surface area (Å²) in [6.45, 7) is 11.8. The third-order valence-corrected chi connectivity index (χ3v) is 4.42. The third-order valence-electron chi connectivity index (χ3n) is 4.42. The lowest BCUT2D eigenvalue weighted by atomic mass is 9.96. The Bertz CT molecular complexity index is 635. The molecule has 0 bridgehead atoms. The van der Waals surface area contributed by atoms with Crippen molar-refractivity contribution in [3.8, 4) is 0 Å². The van der Waals surface area contributed by atoms with Crippen molar-refractivity contribution in [3.63, 3.8) is 0 Å². The van der Waals surface area contributed by atoms with Crippen LogP contribution in [0.25, 0.3) is 0 Å². The second-order valence-electron chi connectivity index (χ2n) is 8.12. The zero-order chi connectivity index (χ0) is 19.5. The first-order valence-electron chi connectivity index (χ1n) is 9.35. The van der Waals surface area contributed by atoms with E-state index in [0.717, 1.165) is 31.4 Å². The van der Waals surface area contributed by atoms with Crippen LogP contribution in [0.4, 0.5) is 10.6 Å². The van der Waals surface area contributed by atoms with Gasteiger partial charge in [-0.3, -0.25) is 9.69 Å². The Morgan fingerprint density at radius 1 is 1.27 bits per heavy atom. The third kappa shape index (κ3) is 4.96. The second-order valence-corrected chi connectivity index (χ2v) is 8.12. The van der Waals surface area contributed by atoms with Gasteiger partial charge in [0.05, 0.1) is 6.04 Å². The molecule has 2 rings (SSSR count). The standard InChI is InChI=1S/C20H31N3O3/c1-14(2)23(19(25)26-20(4,5)6)18-11-10-16(13-21-18)17-9-7-8-12-22(17)15(3)24/h10-11,13-14,17H,7-9,12H2,1-6H3/t17-/m1/s1. The molecular weight excluding hydrogens is 330 g/mol. The van der Waals surface area contributed by atoms with Crippen LogP contribution < -0.4 is 4.90 Å². The van der Waals surface area contributed by atoms with Crippen molar-refractivity contribution < 1.29 is 14.3 Å². The normalized spacial score (nSPS) is 18.0. The smallest absolute Gasteiger partial charge is 0.416 e. The molecule has 1 aliphatic rings. The topological polar surface area (TPSA) is 62.7 Å². The number of anilines is 1. The fourth-order valence-corrected chi connectivity index (χ4v) is 3.27. The summed E-state index contributed by atoms with van der Waals surface area (Å²) in [5.74, 6) is 0.652. The highest BCUT2D eigenvalue weighted by Gasteiger charge is 2.28. The molecule has 2 heterocycles. The minimum Gasteiger partial charge on any atom is -0.443 e. The number of carbonyl (C=O) groups is 2. The van der Waals surface area contributed by atoms with Crippen LogP contribution in [0.2, 0.25) is 0 Å². The number of hydrogen-bond donors (Lipinski definition) is 0. The molecule has 26 heavy (non-hydrogen) atoms. The minimum atomic E-state index is -0.561. The fraction of sp³-hybridized carbons (Fsp3) is 0.650. The number of nitrogens with zero attached hydrogens (tertiary/aromatic N) is 3. The van der Waals surface area contributed by atoms with Crippen molar-refractivity contribution in [3.05, 3.63) is 23.9 Å². The van der Waals surface area contributed by atoms with Crippen LogP contribution in [-0.2, 0) is 9.53 Å². The molecule has 1 atom stereocenters. The molecule has 1 aromatic heterocycles. The summed E-state index contributed by atoms with van der Waals surface area (Å²) in [7, 11) is 0. The van der Waals surface area contributed by atoms with Crippen LogP contribution >= 0.6 is 0 Å². The Morgan fingerprint density at radius 3 is 2.46 bits per heavy atom. The quantitative estimate of drug-likeness (QED) is 0.805. The van der Waals surface area contributed by atoms with Crippen LogP contribution in [0.15, 0.2) is 18.3 Å². The molecule has 0 radical (unpaired) electrons. The number of likely N-dealkylation sites (tertiary alicyclic amines) is 1. The summed E-state index contributed by atoms with van der Waals surface area (Å²) < 4.78 is 5.50. The molecule has 6 nitrogen and oxygen atoms in total. The maximum Gasteiger partial charge on any atom is 0.416 e. The van der Waals surface area contributed by atoms with Crippen molar-refractivity contribution in [2.75, 3.05) is 11.4 Å². The molecule has 1 fully saturated rings. The van der Waals surface area contributed by atoms with Gasteiger partial charge in [-0.1, -0.05) is 6.07 Å². The van der Waals surface area contributed by atoms with Crippen LogP contribution in [0.1, 0.15) is 72.4 Å². The lowest BCUT2D eigenvalue weighted by Gasteiger charge is -2.35. The molecule has 1 saturated heterocycles. The van der Waals surface area contributed by atoms with E-state index in [1.807, 2.05) is 51.7 Å². The molecule has 144 valence electrons. The zero-order valence-corrected chi connectivity index (χ0v) is 16.8. The first-order chi connectivity index (χ1) is 12.1. The summed E-state index contributed by atoms with van der Waals surface area (Å²) in [6, 6.07) is 3.80. The summed E-state index contributed by atoms with van der Waals surface area (Å²) in [6.07, 6.45) is 4.46. The van der Waals surface area contributed by atoms with Gasteiger partial charge >= 0.3 is 6.09 Å². The first-order valence-corrected chi connectivity index (χ1v) is 9.35. The number of carbonyl (C=O) groups excluding carboxylic acids is 2. The van der Waals surface area contributed by atoms with E-state index in [9.17, 15) is 9.59 Å². The summed E-state index contributed by atoms with van der Waals surface area (Å²) in [5.41, 5.74) is 0.449. The van der Waals surface area contributed by atoms with E-state index in [1.54, 1.807) is 18.0 Å². The van der Waals surface area contributed by atoms with Gasteiger partial charge in [0.2, 0.25) is 5.91 Å². The Balaban J connectivity index is 2.23. The van der Waals surface area contributed by atoms with Gasteiger partial charge in [0.15, 0.2) is 0 Å². The summed E-state index contributed by atoms with van der Waals surface area (Å²) in [5, 5.41) is 0. The molecule has 0 spiro atoms. The van der Waals surface area contributed by atoms with Gasteiger partial charge in [-0.05, 0) is 65.5 Å². The average molecular weight is 361 g/mol. The largest absolute Gasteiger partial charge is 0.443 e. The molecule has 0 N–H and O–H groups in total. The maximum absolute atomic E-state index is 12.5. The molecule has 6 heteroatoms. The highest BCUT2D eigenvalue weighted by Crippen LogP contribution is 2.31. The molecule has 1 aliphatic heterocycles. The van der Waals surface area contributed by atoms with E-state index in [-0.39, 0.29) is 18.0 Å². The highest BCUT2D eigenvalue weighted by molar-refractivity contribution is 5.87. The van der Waals surface area contributed by atoms with Gasteiger partial charge in [0.1, 0.15) is 11.4 Å². The van der Waals surface area contributed by atoms with E-state index in [4.69, 9.17) is 4.74 Å². The Morgan fingerprint density at radius 2 is 1.96 bits per heavy atom. The van der Waals surface area contributed by atoms with E-state index in [0.29, 0.717) is 5.82 Å². The fourth-order valence-electron chi connectivity index (χ4n) is 3.27. The van der Waals surface area contributed by atoms with Crippen molar-refractivity contribution in [2.24, 2.45) is 0 Å². The minimum absolute atomic E-state index is 0.0665. The van der Waals surface area contributed by atoms with E-state index in [1.165, 1.54) is 0 Å². The second kappa shape index (κ2) is 8.06. The number of hydrogen-bond acceptors (Lipinski definition) is 4. The van der Waals surface area contributed by atoms with E-state index in [2.05, 4.69) is 4.98 Å². The molecule has 1 aromatic rings. The predicted octanol–water partition coefficient (Wildman–Crippen LogP) is 4.31. The molecule has 0 aromatic carbocycles. The molecule has 0 aliphatic carbocycles. The predicted molar refractivity (Wildman–Crippen MR) is 102 cm³/mol. The van der Waals surface area contributed by atoms with Gasteiger partial charge in [0.25, 0.3) is 0 Å². The SMILES string of the molecule is CC(=O)N1CCCC[C@@H]1c1ccc(N(C(=O)OC(C)(C)C)C(C)C)nc1. The molecular formula is C20H31N3O3. The summed E-state index contributed by atoms with van der Waals surface area (Å²) in [4.78, 5) is 32.4. The zero-order valence-electron chi connectivity index (χ0n) is 16.8. The molecule has 0 unspecified atom stereocenters.